The van der Waals surface area contributed by atoms with E-state index < -0.39 is 30.8 Å². The third-order valence-electron chi connectivity index (χ3n) is 2.30. The number of carboxylic acids is 1. The summed E-state index contributed by atoms with van der Waals surface area (Å²) in [5.41, 5.74) is 5.83. The lowest BCUT2D eigenvalue weighted by molar-refractivity contribution is -0.139. The molecule has 0 fully saturated rings. The van der Waals surface area contributed by atoms with Crippen LogP contribution in [0.2, 0.25) is 0 Å². The number of benzene rings is 1. The number of nitrogens with two attached hydrogens (primary N) is 1. The predicted octanol–water partition coefficient (Wildman–Crippen LogP) is -0.210. The fraction of sp³-hybridized carbons (Fsp3) is 0.250. The number of carbonyl (C=O) groups excluding carboxylic acids is 2. The van der Waals surface area contributed by atoms with Crippen LogP contribution in [0.3, 0.4) is 0 Å². The summed E-state index contributed by atoms with van der Waals surface area (Å²) in [4.78, 5) is 32.0. The number of hydrogen-bond donors (Lipinski definition) is 4. The summed E-state index contributed by atoms with van der Waals surface area (Å²) >= 11 is 0. The van der Waals surface area contributed by atoms with Crippen LogP contribution in [0, 0.1) is 0 Å². The van der Waals surface area contributed by atoms with E-state index in [2.05, 4.69) is 10.1 Å². The van der Waals surface area contributed by atoms with E-state index in [0.717, 1.165) is 0 Å². The van der Waals surface area contributed by atoms with Crippen molar-refractivity contribution in [3.8, 4) is 0 Å². The summed E-state index contributed by atoms with van der Waals surface area (Å²) in [5, 5.41) is 20.0. The molecule has 0 saturated carbocycles. The number of nitrogens with one attached hydrogen (secondary N) is 1. The number of aliphatic carboxylic acids is 1. The van der Waals surface area contributed by atoms with E-state index in [-0.39, 0.29) is 0 Å². The number of amides is 1. The molecule has 0 spiro atoms. The van der Waals surface area contributed by atoms with Gasteiger partial charge in [0.25, 0.3) is 0 Å². The van der Waals surface area contributed by atoms with Crippen molar-refractivity contribution in [2.24, 2.45) is 5.73 Å². The van der Waals surface area contributed by atoms with Crippen molar-refractivity contribution in [2.45, 2.75) is 12.1 Å². The maximum atomic E-state index is 11.3. The Morgan fingerprint density at radius 1 is 1.35 bits per heavy atom. The second kappa shape index (κ2) is 7.22. The fourth-order valence-corrected chi connectivity index (χ4v) is 1.21. The number of carboxylic acid groups (broad SMARTS) is 1. The molecule has 5 N–H and O–H groups in total. The number of ether oxygens (including phenoxy) is 1. The van der Waals surface area contributed by atoms with Gasteiger partial charge in [-0.3, -0.25) is 14.9 Å². The highest BCUT2D eigenvalue weighted by Gasteiger charge is 2.14. The van der Waals surface area contributed by atoms with Crippen LogP contribution in [0.4, 0.5) is 10.5 Å². The summed E-state index contributed by atoms with van der Waals surface area (Å²) in [5.74, 6) is -1.28. The third kappa shape index (κ3) is 4.67. The molecule has 0 bridgehead atoms. The van der Waals surface area contributed by atoms with Crippen LogP contribution in [0.5, 0.6) is 0 Å². The van der Waals surface area contributed by atoms with E-state index in [0.29, 0.717) is 11.3 Å². The minimum atomic E-state index is -1.34. The van der Waals surface area contributed by atoms with Gasteiger partial charge in [-0.2, -0.15) is 0 Å². The molecule has 1 radical (unpaired) electrons. The highest BCUT2D eigenvalue weighted by molar-refractivity contribution is 5.85. The fourth-order valence-electron chi connectivity index (χ4n) is 1.21. The molecule has 0 aliphatic heterocycles. The Morgan fingerprint density at radius 2 is 1.95 bits per heavy atom. The minimum Gasteiger partial charge on any atom is -0.480 e. The van der Waals surface area contributed by atoms with E-state index >= 15 is 0 Å². The van der Waals surface area contributed by atoms with Crippen molar-refractivity contribution in [1.82, 2.24) is 0 Å². The summed E-state index contributed by atoms with van der Waals surface area (Å²) in [6, 6.07) is 4.44. The lowest BCUT2D eigenvalue weighted by Crippen LogP contribution is -2.36. The van der Waals surface area contributed by atoms with E-state index in [1.165, 1.54) is 30.6 Å². The van der Waals surface area contributed by atoms with Crippen LogP contribution in [-0.4, -0.2) is 41.2 Å². The van der Waals surface area contributed by atoms with Crippen LogP contribution in [-0.2, 0) is 14.3 Å². The summed E-state index contributed by atoms with van der Waals surface area (Å²) in [6.07, 6.45) is -0.798. The molecule has 1 aromatic carbocycles. The van der Waals surface area contributed by atoms with Gasteiger partial charge in [0.2, 0.25) is 6.29 Å². The normalized spacial score (nSPS) is 13.1. The van der Waals surface area contributed by atoms with Crippen molar-refractivity contribution in [2.75, 3.05) is 11.9 Å². The molecule has 2 unspecified atom stereocenters. The predicted molar refractivity (Wildman–Crippen MR) is 67.7 cm³/mol. The highest BCUT2D eigenvalue weighted by Crippen LogP contribution is 2.14. The largest absolute Gasteiger partial charge is 0.480 e. The SMILES string of the molecule is NC(COC(=O)Nc1ccc(C(O)[C]=O)cc1)C(=O)O. The molecule has 20 heavy (non-hydrogen) atoms. The van der Waals surface area contributed by atoms with E-state index in [9.17, 15) is 19.5 Å². The average molecular weight is 281 g/mol. The summed E-state index contributed by atoms with van der Waals surface area (Å²) in [6.45, 7) is -0.460. The Morgan fingerprint density at radius 3 is 2.45 bits per heavy atom. The van der Waals surface area contributed by atoms with Crippen LogP contribution < -0.4 is 11.1 Å². The lowest BCUT2D eigenvalue weighted by atomic mass is 10.1. The monoisotopic (exact) mass is 281 g/mol. The van der Waals surface area contributed by atoms with Crippen molar-refractivity contribution in [1.29, 1.82) is 0 Å². The maximum Gasteiger partial charge on any atom is 0.411 e. The zero-order chi connectivity index (χ0) is 15.1. The van der Waals surface area contributed by atoms with Crippen LogP contribution in [0.25, 0.3) is 0 Å². The highest BCUT2D eigenvalue weighted by atomic mass is 16.5. The first-order valence-corrected chi connectivity index (χ1v) is 5.52. The number of carbonyl (C=O) groups is 2. The Labute approximate surface area is 114 Å². The average Bonchev–Trinajstić information content (AvgIpc) is 2.44. The number of aliphatic hydroxyl groups is 1. The zero-order valence-electron chi connectivity index (χ0n) is 10.3. The topological polar surface area (TPSA) is 139 Å². The molecule has 8 nitrogen and oxygen atoms in total. The number of rotatable bonds is 6. The van der Waals surface area contributed by atoms with Gasteiger partial charge in [-0.25, -0.2) is 4.79 Å². The van der Waals surface area contributed by atoms with Crippen LogP contribution in [0.1, 0.15) is 11.7 Å². The first kappa shape index (κ1) is 15.6. The molecule has 0 aliphatic carbocycles. The van der Waals surface area contributed by atoms with Gasteiger partial charge in [-0.1, -0.05) is 12.1 Å². The van der Waals surface area contributed by atoms with Crippen molar-refractivity contribution in [3.05, 3.63) is 29.8 Å². The van der Waals surface area contributed by atoms with Gasteiger partial charge in [0.05, 0.1) is 0 Å². The van der Waals surface area contributed by atoms with Gasteiger partial charge in [-0.05, 0) is 17.7 Å². The van der Waals surface area contributed by atoms with Gasteiger partial charge in [0.15, 0.2) is 0 Å². The molecule has 1 aromatic rings. The zero-order valence-corrected chi connectivity index (χ0v) is 10.3. The Bertz CT molecular complexity index is 487. The van der Waals surface area contributed by atoms with Crippen LogP contribution in [0.15, 0.2) is 24.3 Å². The summed E-state index contributed by atoms with van der Waals surface area (Å²) < 4.78 is 4.60. The second-order valence-corrected chi connectivity index (χ2v) is 3.81. The lowest BCUT2D eigenvalue weighted by Gasteiger charge is -2.10. The molecule has 107 valence electrons. The molecule has 1 amide bonds. The van der Waals surface area contributed by atoms with Gasteiger partial charge in [0.1, 0.15) is 18.8 Å². The van der Waals surface area contributed by atoms with Gasteiger partial charge in [-0.15, -0.1) is 0 Å². The van der Waals surface area contributed by atoms with Gasteiger partial charge >= 0.3 is 12.1 Å². The van der Waals surface area contributed by atoms with E-state index in [1.807, 2.05) is 0 Å². The third-order valence-corrected chi connectivity index (χ3v) is 2.30. The van der Waals surface area contributed by atoms with E-state index in [1.54, 1.807) is 0 Å². The number of hydrogen-bond acceptors (Lipinski definition) is 6. The van der Waals surface area contributed by atoms with Crippen molar-refractivity contribution in [3.63, 3.8) is 0 Å². The standard InChI is InChI=1S/C12H13N2O6/c13-9(11(17)18)6-20-12(19)14-8-3-1-7(2-4-8)10(16)5-15/h1-4,9-10,16H,6,13H2,(H,14,19)(H,17,18). The number of anilines is 1. The molecule has 0 saturated heterocycles. The van der Waals surface area contributed by atoms with Crippen molar-refractivity contribution >= 4 is 24.0 Å². The number of aliphatic hydroxyl groups excluding tert-OH is 1. The summed E-state index contributed by atoms with van der Waals surface area (Å²) in [7, 11) is 0. The smallest absolute Gasteiger partial charge is 0.411 e. The van der Waals surface area contributed by atoms with E-state index in [4.69, 9.17) is 10.8 Å². The van der Waals surface area contributed by atoms with Gasteiger partial charge < -0.3 is 20.7 Å². The van der Waals surface area contributed by atoms with Gasteiger partial charge in [0, 0.05) is 5.69 Å². The minimum absolute atomic E-state index is 0.326. The Hall–Kier alpha value is -2.45. The molecule has 0 aromatic heterocycles. The molecular weight excluding hydrogens is 268 g/mol. The first-order chi connectivity index (χ1) is 9.43. The van der Waals surface area contributed by atoms with Crippen molar-refractivity contribution < 1.29 is 29.3 Å². The maximum absolute atomic E-state index is 11.3. The second-order valence-electron chi connectivity index (χ2n) is 3.81. The molecule has 1 rings (SSSR count). The molecule has 0 aliphatic rings. The first-order valence-electron chi connectivity index (χ1n) is 5.52. The molecular formula is C12H13N2O6. The Balaban J connectivity index is 2.50. The Kier molecular flexibility index (Phi) is 5.63. The molecule has 8 heteroatoms. The van der Waals surface area contributed by atoms with Crippen LogP contribution >= 0.6 is 0 Å². The molecule has 0 heterocycles. The molecule has 2 atom stereocenters. The quantitative estimate of drug-likeness (QED) is 0.565.